The van der Waals surface area contributed by atoms with E-state index in [1.54, 1.807) is 6.92 Å². The number of alkyl halides is 2. The molecule has 0 bridgehead atoms. The largest absolute Gasteiger partial charge is 0.376 e. The van der Waals surface area contributed by atoms with Crippen molar-refractivity contribution in [3.8, 4) is 0 Å². The topological polar surface area (TPSA) is 50.9 Å². The van der Waals surface area contributed by atoms with E-state index in [9.17, 15) is 22.7 Å². The standard InChI is InChI=1S/C14H15F4N3OS/c1-2-5-23-14(17,18)13(22,7-21-9-19-8-20-21)11-4-3-10(15)6-12(11)16/h3-4,6,8-9,22H,2,5,7H2,1H3. The van der Waals surface area contributed by atoms with Crippen LogP contribution in [-0.4, -0.2) is 30.9 Å². The Morgan fingerprint density at radius 1 is 1.30 bits per heavy atom. The summed E-state index contributed by atoms with van der Waals surface area (Å²) in [4.78, 5) is 3.62. The van der Waals surface area contributed by atoms with E-state index >= 15 is 0 Å². The highest BCUT2D eigenvalue weighted by atomic mass is 32.2. The van der Waals surface area contributed by atoms with Crippen molar-refractivity contribution in [3.05, 3.63) is 48.1 Å². The fraction of sp³-hybridized carbons (Fsp3) is 0.429. The second-order valence-electron chi connectivity index (χ2n) is 4.94. The predicted molar refractivity (Wildman–Crippen MR) is 78.0 cm³/mol. The lowest BCUT2D eigenvalue weighted by Gasteiger charge is -2.35. The summed E-state index contributed by atoms with van der Waals surface area (Å²) in [5.74, 6) is -2.10. The summed E-state index contributed by atoms with van der Waals surface area (Å²) in [7, 11) is 0. The van der Waals surface area contributed by atoms with Crippen LogP contribution in [0.3, 0.4) is 0 Å². The van der Waals surface area contributed by atoms with Crippen molar-refractivity contribution in [2.45, 2.75) is 30.7 Å². The van der Waals surface area contributed by atoms with E-state index in [1.807, 2.05) is 0 Å². The minimum Gasteiger partial charge on any atom is -0.376 e. The van der Waals surface area contributed by atoms with Gasteiger partial charge in [0.1, 0.15) is 24.3 Å². The number of nitrogens with zero attached hydrogens (tertiary/aromatic N) is 3. The highest BCUT2D eigenvalue weighted by Gasteiger charge is 2.56. The van der Waals surface area contributed by atoms with Gasteiger partial charge < -0.3 is 5.11 Å². The Kier molecular flexibility index (Phi) is 5.30. The lowest BCUT2D eigenvalue weighted by Crippen LogP contribution is -2.47. The molecule has 0 saturated carbocycles. The van der Waals surface area contributed by atoms with Gasteiger partial charge in [0.05, 0.1) is 6.54 Å². The van der Waals surface area contributed by atoms with Gasteiger partial charge in [0.2, 0.25) is 0 Å². The van der Waals surface area contributed by atoms with Crippen LogP contribution in [0.5, 0.6) is 0 Å². The fourth-order valence-corrected chi connectivity index (χ4v) is 2.93. The summed E-state index contributed by atoms with van der Waals surface area (Å²) in [6.45, 7) is 0.983. The Hall–Kier alpha value is -1.61. The van der Waals surface area contributed by atoms with Crippen LogP contribution in [0, 0.1) is 11.6 Å². The number of rotatable bonds is 7. The summed E-state index contributed by atoms with van der Waals surface area (Å²) in [5.41, 5.74) is -3.60. The van der Waals surface area contributed by atoms with Crippen molar-refractivity contribution in [1.82, 2.24) is 14.8 Å². The molecule has 126 valence electrons. The number of halogens is 4. The molecule has 23 heavy (non-hydrogen) atoms. The summed E-state index contributed by atoms with van der Waals surface area (Å²) in [6.07, 6.45) is 2.69. The second-order valence-corrected chi connectivity index (χ2v) is 6.15. The first-order chi connectivity index (χ1) is 10.8. The zero-order chi connectivity index (χ0) is 17.1. The van der Waals surface area contributed by atoms with Gasteiger partial charge in [-0.1, -0.05) is 18.7 Å². The minimum absolute atomic E-state index is 0.0650. The third kappa shape index (κ3) is 3.66. The highest BCUT2D eigenvalue weighted by Crippen LogP contribution is 2.47. The first kappa shape index (κ1) is 17.7. The van der Waals surface area contributed by atoms with E-state index in [-0.39, 0.29) is 17.5 Å². The van der Waals surface area contributed by atoms with Crippen LogP contribution in [0.25, 0.3) is 0 Å². The summed E-state index contributed by atoms with van der Waals surface area (Å²) in [5, 5.41) is 10.6. The lowest BCUT2D eigenvalue weighted by molar-refractivity contribution is -0.139. The Bertz CT molecular complexity index is 653. The summed E-state index contributed by atoms with van der Waals surface area (Å²) in [6, 6.07) is 2.11. The Morgan fingerprint density at radius 2 is 2.04 bits per heavy atom. The number of aromatic nitrogens is 3. The van der Waals surface area contributed by atoms with Gasteiger partial charge in [0.25, 0.3) is 0 Å². The molecule has 2 rings (SSSR count). The molecule has 0 radical (unpaired) electrons. The second kappa shape index (κ2) is 6.88. The van der Waals surface area contributed by atoms with Gasteiger partial charge in [0, 0.05) is 11.6 Å². The van der Waals surface area contributed by atoms with Crippen molar-refractivity contribution < 1.29 is 22.7 Å². The number of hydrogen-bond donors (Lipinski definition) is 1. The Balaban J connectivity index is 2.49. The maximum absolute atomic E-state index is 14.6. The lowest BCUT2D eigenvalue weighted by atomic mass is 9.93. The van der Waals surface area contributed by atoms with Crippen LogP contribution >= 0.6 is 11.8 Å². The number of hydrogen-bond acceptors (Lipinski definition) is 4. The SMILES string of the molecule is CCCSC(F)(F)C(O)(Cn1cncn1)c1ccc(F)cc1F. The van der Waals surface area contributed by atoms with E-state index in [2.05, 4.69) is 10.1 Å². The van der Waals surface area contributed by atoms with Crippen molar-refractivity contribution in [3.63, 3.8) is 0 Å². The van der Waals surface area contributed by atoms with Crippen molar-refractivity contribution in [1.29, 1.82) is 0 Å². The van der Waals surface area contributed by atoms with E-state index in [0.717, 1.165) is 29.5 Å². The van der Waals surface area contributed by atoms with E-state index in [4.69, 9.17) is 0 Å². The first-order valence-corrected chi connectivity index (χ1v) is 7.81. The van der Waals surface area contributed by atoms with Crippen molar-refractivity contribution in [2.24, 2.45) is 0 Å². The van der Waals surface area contributed by atoms with Crippen LogP contribution < -0.4 is 0 Å². The minimum atomic E-state index is -3.71. The zero-order valence-electron chi connectivity index (χ0n) is 12.2. The van der Waals surface area contributed by atoms with Gasteiger partial charge in [-0.25, -0.2) is 18.4 Å². The van der Waals surface area contributed by atoms with Crippen LogP contribution in [0.15, 0.2) is 30.9 Å². The molecule has 4 nitrogen and oxygen atoms in total. The van der Waals surface area contributed by atoms with Gasteiger partial charge in [-0.05, 0) is 24.3 Å². The fourth-order valence-electron chi connectivity index (χ4n) is 2.06. The molecule has 1 unspecified atom stereocenters. The van der Waals surface area contributed by atoms with Gasteiger partial charge >= 0.3 is 5.25 Å². The van der Waals surface area contributed by atoms with Crippen molar-refractivity contribution >= 4 is 11.8 Å². The van der Waals surface area contributed by atoms with Crippen LogP contribution in [-0.2, 0) is 12.1 Å². The smallest absolute Gasteiger partial charge is 0.328 e. The molecule has 0 fully saturated rings. The molecule has 0 aliphatic rings. The maximum Gasteiger partial charge on any atom is 0.328 e. The first-order valence-electron chi connectivity index (χ1n) is 6.82. The number of thioether (sulfide) groups is 1. The van der Waals surface area contributed by atoms with Gasteiger partial charge in [-0.3, -0.25) is 0 Å². The van der Waals surface area contributed by atoms with E-state index < -0.39 is 34.6 Å². The molecule has 0 spiro atoms. The van der Waals surface area contributed by atoms with E-state index in [1.165, 1.54) is 0 Å². The molecule has 1 aromatic carbocycles. The third-order valence-electron chi connectivity index (χ3n) is 3.20. The molecule has 9 heteroatoms. The van der Waals surface area contributed by atoms with Gasteiger partial charge in [-0.15, -0.1) is 0 Å². The average Bonchev–Trinajstić information content (AvgIpc) is 2.97. The Labute approximate surface area is 134 Å². The molecule has 1 heterocycles. The predicted octanol–water partition coefficient (Wildman–Crippen LogP) is 3.18. The van der Waals surface area contributed by atoms with E-state index in [0.29, 0.717) is 12.5 Å². The van der Waals surface area contributed by atoms with Crippen LogP contribution in [0.2, 0.25) is 0 Å². The quantitative estimate of drug-likeness (QED) is 0.780. The third-order valence-corrected chi connectivity index (χ3v) is 4.52. The molecule has 0 saturated heterocycles. The molecule has 1 aromatic heterocycles. The monoisotopic (exact) mass is 349 g/mol. The summed E-state index contributed by atoms with van der Waals surface area (Å²) < 4.78 is 57.3. The van der Waals surface area contributed by atoms with Gasteiger partial charge in [0.15, 0.2) is 5.60 Å². The van der Waals surface area contributed by atoms with Crippen LogP contribution in [0.1, 0.15) is 18.9 Å². The molecule has 0 aliphatic carbocycles. The molecule has 1 N–H and O–H groups in total. The molecular formula is C14H15F4N3OS. The molecule has 0 amide bonds. The zero-order valence-corrected chi connectivity index (χ0v) is 13.0. The number of aliphatic hydroxyl groups is 1. The molecule has 0 aliphatic heterocycles. The average molecular weight is 349 g/mol. The molecule has 1 atom stereocenters. The summed E-state index contributed by atoms with van der Waals surface area (Å²) >= 11 is 0.210. The molecule has 2 aromatic rings. The normalized spacial score (nSPS) is 14.7. The maximum atomic E-state index is 14.6. The molecular weight excluding hydrogens is 334 g/mol. The Morgan fingerprint density at radius 3 is 2.61 bits per heavy atom. The van der Waals surface area contributed by atoms with Gasteiger partial charge in [-0.2, -0.15) is 13.9 Å². The highest BCUT2D eigenvalue weighted by molar-refractivity contribution is 8.00. The van der Waals surface area contributed by atoms with Crippen molar-refractivity contribution in [2.75, 3.05) is 5.75 Å². The van der Waals surface area contributed by atoms with Crippen LogP contribution in [0.4, 0.5) is 17.6 Å². The number of benzene rings is 1.